The molecule has 2 fully saturated rings. The third kappa shape index (κ3) is 4.89. The Morgan fingerprint density at radius 2 is 1.76 bits per heavy atom. The number of nitrogens with zero attached hydrogens (tertiary/aromatic N) is 5. The van der Waals surface area contributed by atoms with Crippen molar-refractivity contribution >= 4 is 40.0 Å². The molecule has 9 heteroatoms. The van der Waals surface area contributed by atoms with E-state index in [9.17, 15) is 9.59 Å². The summed E-state index contributed by atoms with van der Waals surface area (Å²) < 4.78 is 0. The van der Waals surface area contributed by atoms with Crippen LogP contribution in [0.1, 0.15) is 66.4 Å². The third-order valence-electron chi connectivity index (χ3n) is 6.91. The van der Waals surface area contributed by atoms with Crippen molar-refractivity contribution in [2.24, 2.45) is 5.92 Å². The summed E-state index contributed by atoms with van der Waals surface area (Å²) in [5, 5.41) is 4.35. The first-order valence-corrected chi connectivity index (χ1v) is 13.0. The second-order valence-corrected chi connectivity index (χ2v) is 10.1. The molecule has 0 bridgehead atoms. The maximum Gasteiger partial charge on any atom is 0.289 e. The molecule has 8 nitrogen and oxygen atoms in total. The van der Waals surface area contributed by atoms with Crippen LogP contribution in [0.3, 0.4) is 0 Å². The van der Waals surface area contributed by atoms with Gasteiger partial charge in [0.05, 0.1) is 22.2 Å². The number of fused-ring (bicyclic) bond motifs is 1. The Morgan fingerprint density at radius 1 is 1.03 bits per heavy atom. The fourth-order valence-electron chi connectivity index (χ4n) is 4.91. The van der Waals surface area contributed by atoms with Crippen LogP contribution in [0.5, 0.6) is 0 Å². The summed E-state index contributed by atoms with van der Waals surface area (Å²) in [7, 11) is 1.74. The highest BCUT2D eigenvalue weighted by Crippen LogP contribution is 2.32. The Bertz CT molecular complexity index is 1170. The molecule has 1 aliphatic heterocycles. The molecule has 0 unspecified atom stereocenters. The van der Waals surface area contributed by atoms with Crippen molar-refractivity contribution < 1.29 is 9.59 Å². The normalized spacial score (nSPS) is 17.6. The van der Waals surface area contributed by atoms with E-state index < -0.39 is 0 Å². The van der Waals surface area contributed by atoms with Gasteiger partial charge in [-0.2, -0.15) is 0 Å². The van der Waals surface area contributed by atoms with Crippen LogP contribution in [0.15, 0.2) is 35.8 Å². The monoisotopic (exact) mass is 478 g/mol. The highest BCUT2D eigenvalue weighted by atomic mass is 32.1. The minimum Gasteiger partial charge on any atom is -0.342 e. The van der Waals surface area contributed by atoms with Crippen molar-refractivity contribution in [2.45, 2.75) is 50.9 Å². The lowest BCUT2D eigenvalue weighted by atomic mass is 9.87. The topological polar surface area (TPSA) is 91.3 Å². The van der Waals surface area contributed by atoms with Gasteiger partial charge in [0.2, 0.25) is 5.91 Å². The standard InChI is InChI=1S/C25H30N6O2S/c1-30(22-15-26-19-9-5-6-10-20(19)27-22)29-23(32)21-16-34-24(28-21)17-11-13-31(14-12-17)25(33)18-7-3-2-4-8-18/h5-6,9-10,15-18H,2-4,7-8,11-14H2,1H3,(H,29,32). The minimum atomic E-state index is -0.273. The summed E-state index contributed by atoms with van der Waals surface area (Å²) in [6.45, 7) is 1.56. The van der Waals surface area contributed by atoms with Crippen LogP contribution in [0.4, 0.5) is 5.82 Å². The molecule has 178 valence electrons. The summed E-state index contributed by atoms with van der Waals surface area (Å²) >= 11 is 1.52. The minimum absolute atomic E-state index is 0.227. The highest BCUT2D eigenvalue weighted by molar-refractivity contribution is 7.09. The number of hydrogen-bond donors (Lipinski definition) is 1. The fraction of sp³-hybridized carbons (Fsp3) is 0.480. The number of hydrazine groups is 1. The van der Waals surface area contributed by atoms with Gasteiger partial charge in [-0.05, 0) is 37.8 Å². The van der Waals surface area contributed by atoms with Crippen LogP contribution >= 0.6 is 11.3 Å². The average molecular weight is 479 g/mol. The molecule has 5 rings (SSSR count). The van der Waals surface area contributed by atoms with Crippen LogP contribution in [-0.4, -0.2) is 51.8 Å². The Morgan fingerprint density at radius 3 is 2.53 bits per heavy atom. The van der Waals surface area contributed by atoms with Gasteiger partial charge in [0.1, 0.15) is 5.69 Å². The van der Waals surface area contributed by atoms with E-state index >= 15 is 0 Å². The van der Waals surface area contributed by atoms with Crippen molar-refractivity contribution in [3.63, 3.8) is 0 Å². The van der Waals surface area contributed by atoms with Gasteiger partial charge in [-0.3, -0.25) is 25.0 Å². The van der Waals surface area contributed by atoms with Gasteiger partial charge in [0, 0.05) is 37.4 Å². The van der Waals surface area contributed by atoms with E-state index in [0.717, 1.165) is 54.8 Å². The molecule has 1 N–H and O–H groups in total. The number of anilines is 1. The number of piperidine rings is 1. The van der Waals surface area contributed by atoms with Crippen LogP contribution in [-0.2, 0) is 4.79 Å². The maximum absolute atomic E-state index is 12.8. The average Bonchev–Trinajstić information content (AvgIpc) is 3.39. The maximum atomic E-state index is 12.8. The van der Waals surface area contributed by atoms with Gasteiger partial charge in [-0.1, -0.05) is 31.4 Å². The number of likely N-dealkylation sites (tertiary alicyclic amines) is 1. The van der Waals surface area contributed by atoms with Crippen LogP contribution in [0, 0.1) is 5.92 Å². The Hall–Kier alpha value is -3.07. The molecule has 1 aromatic carbocycles. The number of thiazole rings is 1. The first-order valence-electron chi connectivity index (χ1n) is 12.1. The van der Waals surface area contributed by atoms with Gasteiger partial charge in [-0.25, -0.2) is 9.97 Å². The van der Waals surface area contributed by atoms with E-state index in [1.807, 2.05) is 34.5 Å². The molecular weight excluding hydrogens is 448 g/mol. The van der Waals surface area contributed by atoms with Crippen molar-refractivity contribution in [2.75, 3.05) is 25.1 Å². The van der Waals surface area contributed by atoms with E-state index in [1.54, 1.807) is 18.3 Å². The molecule has 2 aliphatic rings. The molecule has 1 aliphatic carbocycles. The molecule has 2 aromatic heterocycles. The van der Waals surface area contributed by atoms with Gasteiger partial charge in [0.25, 0.3) is 5.91 Å². The summed E-state index contributed by atoms with van der Waals surface area (Å²) in [5.41, 5.74) is 4.81. The van der Waals surface area contributed by atoms with E-state index in [2.05, 4.69) is 20.4 Å². The van der Waals surface area contributed by atoms with Gasteiger partial charge >= 0.3 is 0 Å². The predicted octanol–water partition coefficient (Wildman–Crippen LogP) is 4.15. The zero-order chi connectivity index (χ0) is 23.5. The number of nitrogens with one attached hydrogen (secondary N) is 1. The number of hydrogen-bond acceptors (Lipinski definition) is 7. The molecule has 1 saturated heterocycles. The molecular formula is C25H30N6O2S. The summed E-state index contributed by atoms with van der Waals surface area (Å²) in [4.78, 5) is 41.3. The molecule has 0 spiro atoms. The second-order valence-electron chi connectivity index (χ2n) is 9.22. The zero-order valence-electron chi connectivity index (χ0n) is 19.4. The first kappa shape index (κ1) is 22.7. The molecule has 3 aromatic rings. The molecule has 34 heavy (non-hydrogen) atoms. The van der Waals surface area contributed by atoms with Crippen molar-refractivity contribution in [3.8, 4) is 0 Å². The molecule has 2 amide bonds. The van der Waals surface area contributed by atoms with Crippen LogP contribution < -0.4 is 10.4 Å². The SMILES string of the molecule is CN(NC(=O)c1csc(C2CCN(C(=O)C3CCCCC3)CC2)n1)c1cnc2ccccc2n1. The van der Waals surface area contributed by atoms with Gasteiger partial charge in [0.15, 0.2) is 5.82 Å². The summed E-state index contributed by atoms with van der Waals surface area (Å²) in [6, 6.07) is 7.62. The number of rotatable bonds is 5. The van der Waals surface area contributed by atoms with E-state index in [-0.39, 0.29) is 11.8 Å². The van der Waals surface area contributed by atoms with Crippen LogP contribution in [0.25, 0.3) is 11.0 Å². The summed E-state index contributed by atoms with van der Waals surface area (Å²) in [5.74, 6) is 1.15. The number of para-hydroxylation sites is 2. The van der Waals surface area contributed by atoms with Crippen molar-refractivity contribution in [1.82, 2.24) is 25.3 Å². The lowest BCUT2D eigenvalue weighted by Crippen LogP contribution is -2.42. The number of carbonyl (C=O) groups excluding carboxylic acids is 2. The molecule has 3 heterocycles. The quantitative estimate of drug-likeness (QED) is 0.554. The zero-order valence-corrected chi connectivity index (χ0v) is 20.3. The van der Waals surface area contributed by atoms with Crippen molar-refractivity contribution in [3.05, 3.63) is 46.5 Å². The Kier molecular flexibility index (Phi) is 6.71. The van der Waals surface area contributed by atoms with Gasteiger partial charge < -0.3 is 4.90 Å². The largest absolute Gasteiger partial charge is 0.342 e. The lowest BCUT2D eigenvalue weighted by Gasteiger charge is -2.34. The Balaban J connectivity index is 1.16. The van der Waals surface area contributed by atoms with Crippen molar-refractivity contribution in [1.29, 1.82) is 0 Å². The van der Waals surface area contributed by atoms with Gasteiger partial charge in [-0.15, -0.1) is 11.3 Å². The molecule has 0 radical (unpaired) electrons. The molecule has 1 saturated carbocycles. The van der Waals surface area contributed by atoms with E-state index in [1.165, 1.54) is 30.6 Å². The van der Waals surface area contributed by atoms with E-state index in [4.69, 9.17) is 0 Å². The smallest absolute Gasteiger partial charge is 0.289 e. The third-order valence-corrected chi connectivity index (χ3v) is 7.92. The number of aromatic nitrogens is 3. The summed E-state index contributed by atoms with van der Waals surface area (Å²) in [6.07, 6.45) is 9.15. The lowest BCUT2D eigenvalue weighted by molar-refractivity contribution is -0.137. The first-order chi connectivity index (χ1) is 16.6. The highest BCUT2D eigenvalue weighted by Gasteiger charge is 2.30. The number of carbonyl (C=O) groups is 2. The predicted molar refractivity (Wildman–Crippen MR) is 133 cm³/mol. The number of amides is 2. The van der Waals surface area contributed by atoms with Crippen LogP contribution in [0.2, 0.25) is 0 Å². The fourth-order valence-corrected chi connectivity index (χ4v) is 5.88. The number of benzene rings is 1. The molecule has 0 atom stereocenters. The Labute approximate surface area is 203 Å². The second kappa shape index (κ2) is 10.0. The van der Waals surface area contributed by atoms with E-state index in [0.29, 0.717) is 23.3 Å².